The topological polar surface area (TPSA) is 59.4 Å². The van der Waals surface area contributed by atoms with E-state index in [1.807, 2.05) is 24.3 Å². The number of carboxylic acid groups (broad SMARTS) is 1. The molecule has 19 heavy (non-hydrogen) atoms. The average Bonchev–Trinajstić information content (AvgIpc) is 2.39. The first-order valence-corrected chi connectivity index (χ1v) is 6.45. The molecule has 98 valence electrons. The maximum Gasteiger partial charge on any atom is 0.354 e. The molecule has 1 aromatic heterocycles. The highest BCUT2D eigenvalue weighted by Crippen LogP contribution is 2.13. The summed E-state index contributed by atoms with van der Waals surface area (Å²) in [6.07, 6.45) is 1.47. The van der Waals surface area contributed by atoms with Gasteiger partial charge in [-0.15, -0.1) is 0 Å². The van der Waals surface area contributed by atoms with Crippen LogP contribution in [0.15, 0.2) is 47.1 Å². The zero-order valence-corrected chi connectivity index (χ0v) is 11.6. The first kappa shape index (κ1) is 13.7. The van der Waals surface area contributed by atoms with Gasteiger partial charge in [-0.1, -0.05) is 28.1 Å². The van der Waals surface area contributed by atoms with Gasteiger partial charge in [0.05, 0.1) is 13.2 Å². The van der Waals surface area contributed by atoms with Crippen molar-refractivity contribution in [1.82, 2.24) is 4.98 Å². The van der Waals surface area contributed by atoms with Crippen LogP contribution in [0.2, 0.25) is 0 Å². The fraction of sp³-hybridized carbons (Fsp3) is 0.143. The standard InChI is InChI=1S/C14H12BrNO3/c15-12-3-1-2-10(6-12)8-19-9-11-4-5-16-13(7-11)14(17)18/h1-7H,8-9H2,(H,17,18). The number of rotatable bonds is 5. The van der Waals surface area contributed by atoms with Crippen molar-refractivity contribution in [2.45, 2.75) is 13.2 Å². The Kier molecular flexibility index (Phi) is 4.65. The number of pyridine rings is 1. The number of ether oxygens (including phenoxy) is 1. The number of carbonyl (C=O) groups is 1. The zero-order chi connectivity index (χ0) is 13.7. The van der Waals surface area contributed by atoms with E-state index in [0.717, 1.165) is 15.6 Å². The zero-order valence-electron chi connectivity index (χ0n) is 10.0. The van der Waals surface area contributed by atoms with Crippen molar-refractivity contribution in [3.05, 3.63) is 63.9 Å². The molecule has 0 atom stereocenters. The van der Waals surface area contributed by atoms with Crippen molar-refractivity contribution in [3.8, 4) is 0 Å². The second-order valence-electron chi connectivity index (χ2n) is 3.98. The van der Waals surface area contributed by atoms with E-state index in [-0.39, 0.29) is 5.69 Å². The number of aromatic carboxylic acids is 1. The Balaban J connectivity index is 1.92. The van der Waals surface area contributed by atoms with Gasteiger partial charge < -0.3 is 9.84 Å². The molecule has 0 spiro atoms. The van der Waals surface area contributed by atoms with E-state index >= 15 is 0 Å². The number of benzene rings is 1. The lowest BCUT2D eigenvalue weighted by molar-refractivity contribution is 0.0689. The van der Waals surface area contributed by atoms with Crippen molar-refractivity contribution >= 4 is 21.9 Å². The van der Waals surface area contributed by atoms with Crippen LogP contribution in [0.25, 0.3) is 0 Å². The highest BCUT2D eigenvalue weighted by molar-refractivity contribution is 9.10. The number of aromatic nitrogens is 1. The number of nitrogens with zero attached hydrogens (tertiary/aromatic N) is 1. The smallest absolute Gasteiger partial charge is 0.354 e. The Bertz CT molecular complexity index is 586. The van der Waals surface area contributed by atoms with Crippen LogP contribution >= 0.6 is 15.9 Å². The summed E-state index contributed by atoms with van der Waals surface area (Å²) in [5, 5.41) is 8.83. The number of halogens is 1. The first-order chi connectivity index (χ1) is 9.15. The summed E-state index contributed by atoms with van der Waals surface area (Å²) >= 11 is 3.40. The molecule has 0 bridgehead atoms. The van der Waals surface area contributed by atoms with Gasteiger partial charge in [0, 0.05) is 10.7 Å². The normalized spacial score (nSPS) is 10.4. The Morgan fingerprint density at radius 1 is 1.21 bits per heavy atom. The van der Waals surface area contributed by atoms with Crippen LogP contribution in [0.5, 0.6) is 0 Å². The second-order valence-corrected chi connectivity index (χ2v) is 4.89. The van der Waals surface area contributed by atoms with Gasteiger partial charge in [-0.05, 0) is 35.4 Å². The van der Waals surface area contributed by atoms with Crippen molar-refractivity contribution in [1.29, 1.82) is 0 Å². The fourth-order valence-corrected chi connectivity index (χ4v) is 2.04. The van der Waals surface area contributed by atoms with Gasteiger partial charge in [-0.2, -0.15) is 0 Å². The lowest BCUT2D eigenvalue weighted by atomic mass is 10.2. The van der Waals surface area contributed by atoms with Gasteiger partial charge >= 0.3 is 5.97 Å². The molecule has 4 nitrogen and oxygen atoms in total. The molecule has 1 aromatic carbocycles. The molecule has 0 aliphatic carbocycles. The minimum Gasteiger partial charge on any atom is -0.477 e. The second kappa shape index (κ2) is 6.45. The van der Waals surface area contributed by atoms with Crippen LogP contribution in [-0.2, 0) is 18.0 Å². The average molecular weight is 322 g/mol. The van der Waals surface area contributed by atoms with Crippen molar-refractivity contribution in [2.75, 3.05) is 0 Å². The molecular formula is C14H12BrNO3. The summed E-state index contributed by atoms with van der Waals surface area (Å²) < 4.78 is 6.56. The summed E-state index contributed by atoms with van der Waals surface area (Å²) in [6.45, 7) is 0.833. The van der Waals surface area contributed by atoms with Crippen LogP contribution < -0.4 is 0 Å². The molecule has 0 fully saturated rings. The Morgan fingerprint density at radius 3 is 2.63 bits per heavy atom. The highest BCUT2D eigenvalue weighted by Gasteiger charge is 2.05. The van der Waals surface area contributed by atoms with E-state index in [1.165, 1.54) is 12.3 Å². The molecule has 1 heterocycles. The van der Waals surface area contributed by atoms with E-state index in [0.29, 0.717) is 13.2 Å². The Labute approximate surface area is 119 Å². The summed E-state index contributed by atoms with van der Waals surface area (Å²) in [6, 6.07) is 11.1. The number of hydrogen-bond donors (Lipinski definition) is 1. The molecule has 0 aliphatic heterocycles. The summed E-state index contributed by atoms with van der Waals surface area (Å²) in [5.41, 5.74) is 1.88. The minimum absolute atomic E-state index is 0.0311. The predicted molar refractivity (Wildman–Crippen MR) is 73.8 cm³/mol. The molecule has 0 amide bonds. The number of hydrogen-bond acceptors (Lipinski definition) is 3. The van der Waals surface area contributed by atoms with Crippen molar-refractivity contribution in [2.24, 2.45) is 0 Å². The molecule has 0 saturated carbocycles. The third-order valence-corrected chi connectivity index (χ3v) is 2.96. The summed E-state index contributed by atoms with van der Waals surface area (Å²) in [7, 11) is 0. The maximum absolute atomic E-state index is 10.8. The molecule has 2 rings (SSSR count). The van der Waals surface area contributed by atoms with E-state index in [9.17, 15) is 4.79 Å². The molecule has 2 aromatic rings. The molecular weight excluding hydrogens is 310 g/mol. The van der Waals surface area contributed by atoms with Gasteiger partial charge in [0.1, 0.15) is 5.69 Å². The minimum atomic E-state index is -1.03. The fourth-order valence-electron chi connectivity index (χ4n) is 1.59. The molecule has 5 heteroatoms. The van der Waals surface area contributed by atoms with E-state index in [1.54, 1.807) is 6.07 Å². The third kappa shape index (κ3) is 4.15. The SMILES string of the molecule is O=C(O)c1cc(COCc2cccc(Br)c2)ccn1. The quantitative estimate of drug-likeness (QED) is 0.918. The molecule has 0 unspecified atom stereocenters. The van der Waals surface area contributed by atoms with Gasteiger partial charge in [0.15, 0.2) is 0 Å². The van der Waals surface area contributed by atoms with Crippen LogP contribution in [0.1, 0.15) is 21.6 Å². The first-order valence-electron chi connectivity index (χ1n) is 5.65. The van der Waals surface area contributed by atoms with E-state index in [4.69, 9.17) is 9.84 Å². The lowest BCUT2D eigenvalue weighted by Gasteiger charge is -2.05. The van der Waals surface area contributed by atoms with Crippen LogP contribution in [0.3, 0.4) is 0 Å². The van der Waals surface area contributed by atoms with Gasteiger partial charge in [-0.25, -0.2) is 9.78 Å². The molecule has 0 saturated heterocycles. The molecule has 0 aliphatic rings. The summed E-state index contributed by atoms with van der Waals surface area (Å²) in [4.78, 5) is 14.5. The van der Waals surface area contributed by atoms with E-state index < -0.39 is 5.97 Å². The lowest BCUT2D eigenvalue weighted by Crippen LogP contribution is -2.02. The molecule has 0 radical (unpaired) electrons. The summed E-state index contributed by atoms with van der Waals surface area (Å²) in [5.74, 6) is -1.03. The largest absolute Gasteiger partial charge is 0.477 e. The monoisotopic (exact) mass is 321 g/mol. The van der Waals surface area contributed by atoms with Crippen molar-refractivity contribution < 1.29 is 14.6 Å². The predicted octanol–water partition coefficient (Wildman–Crippen LogP) is 3.26. The Hall–Kier alpha value is -1.72. The van der Waals surface area contributed by atoms with Gasteiger partial charge in [0.2, 0.25) is 0 Å². The van der Waals surface area contributed by atoms with Gasteiger partial charge in [-0.3, -0.25) is 0 Å². The van der Waals surface area contributed by atoms with Crippen LogP contribution in [-0.4, -0.2) is 16.1 Å². The maximum atomic E-state index is 10.8. The van der Waals surface area contributed by atoms with E-state index in [2.05, 4.69) is 20.9 Å². The third-order valence-electron chi connectivity index (χ3n) is 2.47. The Morgan fingerprint density at radius 2 is 1.95 bits per heavy atom. The molecule has 1 N–H and O–H groups in total. The highest BCUT2D eigenvalue weighted by atomic mass is 79.9. The number of carboxylic acids is 1. The van der Waals surface area contributed by atoms with Crippen LogP contribution in [0.4, 0.5) is 0 Å². The van der Waals surface area contributed by atoms with Crippen molar-refractivity contribution in [3.63, 3.8) is 0 Å². The van der Waals surface area contributed by atoms with Crippen LogP contribution in [0, 0.1) is 0 Å². The van der Waals surface area contributed by atoms with Gasteiger partial charge in [0.25, 0.3) is 0 Å².